The quantitative estimate of drug-likeness (QED) is 0.469. The van der Waals surface area contributed by atoms with Crippen molar-refractivity contribution in [3.8, 4) is 0 Å². The minimum Gasteiger partial charge on any atom is -0.465 e. The summed E-state index contributed by atoms with van der Waals surface area (Å²) in [4.78, 5) is 20.9. The zero-order valence-electron chi connectivity index (χ0n) is 8.51. The molecule has 0 radical (unpaired) electrons. The van der Waals surface area contributed by atoms with Gasteiger partial charge in [-0.25, -0.2) is 9.59 Å². The molecule has 0 fully saturated rings. The molecule has 0 bridgehead atoms. The molecule has 1 aromatic rings. The molecule has 17 heavy (non-hydrogen) atoms. The lowest BCUT2D eigenvalue weighted by atomic mass is 10.2. The van der Waals surface area contributed by atoms with E-state index in [2.05, 4.69) is 9.13 Å². The fourth-order valence-corrected chi connectivity index (χ4v) is 2.12. The maximum atomic E-state index is 11.5. The molecule has 1 rings (SSSR count). The van der Waals surface area contributed by atoms with Crippen molar-refractivity contribution in [2.45, 2.75) is 4.90 Å². The molecule has 0 saturated heterocycles. The van der Waals surface area contributed by atoms with Crippen molar-refractivity contribution in [1.29, 1.82) is 0 Å². The Morgan fingerprint density at radius 1 is 1.47 bits per heavy atom. The van der Waals surface area contributed by atoms with Gasteiger partial charge in [-0.1, -0.05) is 16.0 Å². The molecular weight excluding hydrogens is 270 g/mol. The van der Waals surface area contributed by atoms with Crippen LogP contribution in [0.5, 0.6) is 0 Å². The van der Waals surface area contributed by atoms with Crippen molar-refractivity contribution in [1.82, 2.24) is 0 Å². The Hall–Kier alpha value is -1.69. The van der Waals surface area contributed by atoms with E-state index in [1.165, 1.54) is 6.07 Å². The third-order valence-corrected chi connectivity index (χ3v) is 3.24. The van der Waals surface area contributed by atoms with Crippen LogP contribution in [-0.4, -0.2) is 27.6 Å². The number of sulfonamides is 1. The van der Waals surface area contributed by atoms with Crippen molar-refractivity contribution >= 4 is 33.7 Å². The summed E-state index contributed by atoms with van der Waals surface area (Å²) in [6, 6.07) is 3.42. The molecule has 1 aromatic carbocycles. The van der Waals surface area contributed by atoms with E-state index in [-0.39, 0.29) is 10.6 Å². The number of hydrogen-bond acceptors (Lipinski definition) is 5. The summed E-state index contributed by atoms with van der Waals surface area (Å²) < 4.78 is 30.1. The number of isocyanates is 1. The van der Waals surface area contributed by atoms with E-state index in [0.717, 1.165) is 25.3 Å². The van der Waals surface area contributed by atoms with Crippen molar-refractivity contribution in [2.75, 3.05) is 7.11 Å². The normalized spacial score (nSPS) is 10.5. The molecule has 0 saturated carbocycles. The van der Waals surface area contributed by atoms with Crippen LogP contribution >= 0.6 is 11.6 Å². The summed E-state index contributed by atoms with van der Waals surface area (Å²) in [6.07, 6.45) is 0.907. The average molecular weight is 276 g/mol. The molecule has 0 unspecified atom stereocenters. The van der Waals surface area contributed by atoms with Gasteiger partial charge in [0.1, 0.15) is 4.90 Å². The number of nitrogens with zero attached hydrogens (tertiary/aromatic N) is 1. The van der Waals surface area contributed by atoms with E-state index >= 15 is 0 Å². The third-order valence-electron chi connectivity index (χ3n) is 1.78. The van der Waals surface area contributed by atoms with E-state index in [4.69, 9.17) is 11.6 Å². The van der Waals surface area contributed by atoms with E-state index in [0.29, 0.717) is 0 Å². The van der Waals surface area contributed by atoms with Crippen LogP contribution in [0.1, 0.15) is 10.4 Å². The molecule has 0 spiro atoms. The average Bonchev–Trinajstić information content (AvgIpc) is 2.27. The van der Waals surface area contributed by atoms with Gasteiger partial charge in [0.15, 0.2) is 0 Å². The lowest BCUT2D eigenvalue weighted by Gasteiger charge is -2.05. The highest BCUT2D eigenvalue weighted by Crippen LogP contribution is 2.22. The van der Waals surface area contributed by atoms with Gasteiger partial charge in [0, 0.05) is 5.02 Å². The number of halogens is 1. The Labute approximate surface area is 102 Å². The van der Waals surface area contributed by atoms with Crippen LogP contribution in [0.4, 0.5) is 0 Å². The second kappa shape index (κ2) is 5.09. The predicted molar refractivity (Wildman–Crippen MR) is 58.1 cm³/mol. The molecule has 90 valence electrons. The van der Waals surface area contributed by atoms with Gasteiger partial charge in [-0.3, -0.25) is 0 Å². The summed E-state index contributed by atoms with van der Waals surface area (Å²) >= 11 is 5.63. The summed E-state index contributed by atoms with van der Waals surface area (Å²) in [5, 5.41) is 0.152. The Morgan fingerprint density at radius 2 is 2.12 bits per heavy atom. The molecule has 0 heterocycles. The molecule has 0 aliphatic carbocycles. The minimum atomic E-state index is -4.27. The van der Waals surface area contributed by atoms with E-state index in [1.54, 1.807) is 0 Å². The van der Waals surface area contributed by atoms with Crippen LogP contribution in [0.25, 0.3) is 0 Å². The maximum Gasteiger partial charge on any atom is 0.339 e. The van der Waals surface area contributed by atoms with Gasteiger partial charge in [0.2, 0.25) is 0 Å². The van der Waals surface area contributed by atoms with Crippen molar-refractivity contribution in [3.63, 3.8) is 0 Å². The first-order chi connectivity index (χ1) is 7.92. The highest BCUT2D eigenvalue weighted by Gasteiger charge is 2.22. The highest BCUT2D eigenvalue weighted by atomic mass is 35.5. The SMILES string of the molecule is COC(=O)c1cc(Cl)ccc1S(=O)(=O)N=C=O. The topological polar surface area (TPSA) is 89.9 Å². The molecule has 0 atom stereocenters. The van der Waals surface area contributed by atoms with E-state index in [1.807, 2.05) is 0 Å². The van der Waals surface area contributed by atoms with E-state index in [9.17, 15) is 18.0 Å². The number of carbonyl (C=O) groups excluding carboxylic acids is 2. The Morgan fingerprint density at radius 3 is 2.65 bits per heavy atom. The first kappa shape index (κ1) is 13.4. The Kier molecular flexibility index (Phi) is 4.01. The van der Waals surface area contributed by atoms with Crippen LogP contribution in [0.3, 0.4) is 0 Å². The first-order valence-corrected chi connectivity index (χ1v) is 5.96. The van der Waals surface area contributed by atoms with Crippen LogP contribution in [0.2, 0.25) is 5.02 Å². The molecule has 0 aromatic heterocycles. The van der Waals surface area contributed by atoms with Gasteiger partial charge in [-0.05, 0) is 18.2 Å². The van der Waals surface area contributed by atoms with Gasteiger partial charge < -0.3 is 4.74 Å². The maximum absolute atomic E-state index is 11.5. The second-order valence-corrected chi connectivity index (χ2v) is 4.80. The number of benzene rings is 1. The summed E-state index contributed by atoms with van der Waals surface area (Å²) in [7, 11) is -3.19. The monoisotopic (exact) mass is 275 g/mol. The van der Waals surface area contributed by atoms with Gasteiger partial charge in [0.05, 0.1) is 12.7 Å². The Balaban J connectivity index is 3.54. The number of ether oxygens (including phenoxy) is 1. The first-order valence-electron chi connectivity index (χ1n) is 4.14. The zero-order chi connectivity index (χ0) is 13.1. The van der Waals surface area contributed by atoms with Crippen LogP contribution in [0.15, 0.2) is 27.5 Å². The number of methoxy groups -OCH3 is 1. The van der Waals surface area contributed by atoms with Gasteiger partial charge in [-0.15, -0.1) is 0 Å². The summed E-state index contributed by atoms with van der Waals surface area (Å²) in [5.41, 5.74) is -0.293. The number of rotatable bonds is 3. The van der Waals surface area contributed by atoms with Crippen molar-refractivity contribution in [2.24, 2.45) is 4.40 Å². The summed E-state index contributed by atoms with van der Waals surface area (Å²) in [6.45, 7) is 0. The fourth-order valence-electron chi connectivity index (χ4n) is 1.09. The van der Waals surface area contributed by atoms with Crippen LogP contribution in [-0.2, 0) is 19.6 Å². The number of esters is 1. The van der Waals surface area contributed by atoms with Gasteiger partial charge in [-0.2, -0.15) is 8.42 Å². The van der Waals surface area contributed by atoms with Crippen LogP contribution < -0.4 is 0 Å². The standard InChI is InChI=1S/C9H6ClNO5S/c1-16-9(13)7-4-6(10)2-3-8(7)17(14,15)11-5-12/h2-4H,1H3. The van der Waals surface area contributed by atoms with Gasteiger partial charge in [0.25, 0.3) is 16.1 Å². The lowest BCUT2D eigenvalue weighted by molar-refractivity contribution is 0.0596. The number of carbonyl (C=O) groups is 1. The molecule has 0 amide bonds. The molecule has 0 aliphatic heterocycles. The van der Waals surface area contributed by atoms with E-state index < -0.39 is 20.9 Å². The smallest absolute Gasteiger partial charge is 0.339 e. The van der Waals surface area contributed by atoms with Crippen LogP contribution in [0, 0.1) is 0 Å². The molecule has 8 heteroatoms. The number of hydrogen-bond donors (Lipinski definition) is 0. The minimum absolute atomic E-state index is 0.152. The third kappa shape index (κ3) is 2.91. The molecular formula is C9H6ClNO5S. The lowest BCUT2D eigenvalue weighted by Crippen LogP contribution is -2.09. The highest BCUT2D eigenvalue weighted by molar-refractivity contribution is 7.90. The molecule has 6 nitrogen and oxygen atoms in total. The summed E-state index contributed by atoms with van der Waals surface area (Å²) in [5.74, 6) is -0.896. The van der Waals surface area contributed by atoms with Crippen molar-refractivity contribution < 1.29 is 22.7 Å². The van der Waals surface area contributed by atoms with Crippen molar-refractivity contribution in [3.05, 3.63) is 28.8 Å². The second-order valence-electron chi connectivity index (χ2n) is 2.79. The molecule has 0 N–H and O–H groups in total. The molecule has 0 aliphatic rings. The zero-order valence-corrected chi connectivity index (χ0v) is 10.1. The van der Waals surface area contributed by atoms with Gasteiger partial charge >= 0.3 is 5.97 Å². The fraction of sp³-hybridized carbons (Fsp3) is 0.111. The largest absolute Gasteiger partial charge is 0.465 e. The Bertz CT molecular complexity index is 604. The predicted octanol–water partition coefficient (Wildman–Crippen LogP) is 1.15.